The number of halogens is 1. The maximum atomic E-state index is 13.1. The van der Waals surface area contributed by atoms with E-state index < -0.39 is 10.8 Å². The molecule has 2 aromatic carbocycles. The number of methoxy groups -OCH3 is 1. The van der Waals surface area contributed by atoms with Gasteiger partial charge < -0.3 is 19.4 Å². The van der Waals surface area contributed by atoms with Crippen molar-refractivity contribution < 1.29 is 24.0 Å². The van der Waals surface area contributed by atoms with E-state index in [1.807, 2.05) is 0 Å². The molecular formula is C23H23ClN4O6. The van der Waals surface area contributed by atoms with Crippen LogP contribution < -0.4 is 9.64 Å². The van der Waals surface area contributed by atoms with Crippen molar-refractivity contribution in [3.8, 4) is 5.75 Å². The maximum Gasteiger partial charge on any atom is 0.270 e. The number of amides is 3. The maximum absolute atomic E-state index is 13.1. The number of carbonyl (C=O) groups excluding carboxylic acids is 3. The van der Waals surface area contributed by atoms with Gasteiger partial charge in [0.25, 0.3) is 11.6 Å². The van der Waals surface area contributed by atoms with Crippen molar-refractivity contribution in [1.29, 1.82) is 0 Å². The minimum absolute atomic E-state index is 0.106. The molecule has 2 saturated heterocycles. The number of piperazine rings is 1. The molecule has 2 heterocycles. The third-order valence-corrected chi connectivity index (χ3v) is 6.40. The Labute approximate surface area is 200 Å². The third kappa shape index (κ3) is 4.67. The first kappa shape index (κ1) is 23.5. The van der Waals surface area contributed by atoms with Crippen LogP contribution in [0.1, 0.15) is 16.8 Å². The van der Waals surface area contributed by atoms with Gasteiger partial charge >= 0.3 is 0 Å². The number of ether oxygens (including phenoxy) is 1. The van der Waals surface area contributed by atoms with Gasteiger partial charge in [0.1, 0.15) is 5.75 Å². The number of non-ortho nitro benzene ring substituents is 1. The zero-order chi connectivity index (χ0) is 24.4. The van der Waals surface area contributed by atoms with Gasteiger partial charge in [0, 0.05) is 62.5 Å². The van der Waals surface area contributed by atoms with E-state index in [2.05, 4.69) is 0 Å². The van der Waals surface area contributed by atoms with Crippen molar-refractivity contribution in [2.24, 2.45) is 5.92 Å². The van der Waals surface area contributed by atoms with E-state index in [-0.39, 0.29) is 41.9 Å². The zero-order valence-electron chi connectivity index (χ0n) is 18.5. The average Bonchev–Trinajstić information content (AvgIpc) is 3.24. The number of rotatable bonds is 5. The standard InChI is InChI=1S/C23H23ClN4O6/c1-34-20-6-5-17(13-19(20)24)27-14-16(12-21(27)29)23(31)26-9-7-25(8-10-26)22(30)15-3-2-4-18(11-15)28(32)33/h2-6,11,13,16H,7-10,12,14H2,1H3/t16-/m0/s1. The van der Waals surface area contributed by atoms with E-state index in [1.165, 1.54) is 31.4 Å². The Morgan fingerprint density at radius 2 is 1.79 bits per heavy atom. The number of nitrogens with zero attached hydrogens (tertiary/aromatic N) is 4. The fourth-order valence-electron chi connectivity index (χ4n) is 4.27. The summed E-state index contributed by atoms with van der Waals surface area (Å²) in [7, 11) is 1.51. The number of hydrogen-bond acceptors (Lipinski definition) is 6. The number of benzene rings is 2. The summed E-state index contributed by atoms with van der Waals surface area (Å²) in [5.41, 5.74) is 0.705. The van der Waals surface area contributed by atoms with Crippen molar-refractivity contribution >= 4 is 40.7 Å². The molecule has 0 bridgehead atoms. The van der Waals surface area contributed by atoms with Gasteiger partial charge in [0.2, 0.25) is 11.8 Å². The van der Waals surface area contributed by atoms with Crippen LogP contribution in [0, 0.1) is 16.0 Å². The molecule has 3 amide bonds. The lowest BCUT2D eigenvalue weighted by Crippen LogP contribution is -2.52. The molecule has 2 aliphatic rings. The molecule has 0 aliphatic carbocycles. The molecule has 0 radical (unpaired) electrons. The number of hydrogen-bond donors (Lipinski definition) is 0. The Bertz CT molecular complexity index is 1150. The number of anilines is 1. The minimum Gasteiger partial charge on any atom is -0.495 e. The summed E-state index contributed by atoms with van der Waals surface area (Å²) in [4.78, 5) is 53.7. The second kappa shape index (κ2) is 9.68. The molecule has 0 aromatic heterocycles. The van der Waals surface area contributed by atoms with Gasteiger partial charge in [0.05, 0.1) is 23.0 Å². The van der Waals surface area contributed by atoms with Crippen molar-refractivity contribution in [2.45, 2.75) is 6.42 Å². The normalized spacial score (nSPS) is 18.2. The summed E-state index contributed by atoms with van der Waals surface area (Å²) in [5, 5.41) is 11.4. The molecule has 0 saturated carbocycles. The number of nitro groups is 1. The van der Waals surface area contributed by atoms with Crippen molar-refractivity contribution in [2.75, 3.05) is 44.7 Å². The molecule has 10 nitrogen and oxygen atoms in total. The number of carbonyl (C=O) groups is 3. The average molecular weight is 487 g/mol. The summed E-state index contributed by atoms with van der Waals surface area (Å²) in [6.07, 6.45) is 0.106. The van der Waals surface area contributed by atoms with Gasteiger partial charge in [-0.25, -0.2) is 0 Å². The van der Waals surface area contributed by atoms with Crippen LogP contribution in [0.4, 0.5) is 11.4 Å². The van der Waals surface area contributed by atoms with Gasteiger partial charge in [-0.15, -0.1) is 0 Å². The highest BCUT2D eigenvalue weighted by atomic mass is 35.5. The second-order valence-corrected chi connectivity index (χ2v) is 8.56. The minimum atomic E-state index is -0.542. The first-order chi connectivity index (χ1) is 16.3. The van der Waals surface area contributed by atoms with Crippen molar-refractivity contribution in [1.82, 2.24) is 9.80 Å². The number of nitro benzene ring substituents is 1. The molecular weight excluding hydrogens is 464 g/mol. The summed E-state index contributed by atoms with van der Waals surface area (Å²) < 4.78 is 5.14. The van der Waals surface area contributed by atoms with E-state index in [0.29, 0.717) is 42.6 Å². The Morgan fingerprint density at radius 3 is 2.44 bits per heavy atom. The highest BCUT2D eigenvalue weighted by molar-refractivity contribution is 6.32. The van der Waals surface area contributed by atoms with Gasteiger partial charge in [-0.3, -0.25) is 24.5 Å². The molecule has 1 atom stereocenters. The van der Waals surface area contributed by atoms with Gasteiger partial charge in [-0.1, -0.05) is 17.7 Å². The van der Waals surface area contributed by atoms with Crippen LogP contribution in [0.25, 0.3) is 0 Å². The quantitative estimate of drug-likeness (QED) is 0.474. The largest absolute Gasteiger partial charge is 0.495 e. The molecule has 0 unspecified atom stereocenters. The van der Waals surface area contributed by atoms with Crippen LogP contribution in [0.5, 0.6) is 5.75 Å². The predicted molar refractivity (Wildman–Crippen MR) is 124 cm³/mol. The summed E-state index contributed by atoms with van der Waals surface area (Å²) in [6, 6.07) is 10.7. The SMILES string of the molecule is COc1ccc(N2C[C@@H](C(=O)N3CCN(C(=O)c4cccc([N+](=O)[O-])c4)CC3)CC2=O)cc1Cl. The van der Waals surface area contributed by atoms with Crippen LogP contribution in [-0.2, 0) is 9.59 Å². The summed E-state index contributed by atoms with van der Waals surface area (Å²) in [6.45, 7) is 1.54. The zero-order valence-corrected chi connectivity index (χ0v) is 19.2. The van der Waals surface area contributed by atoms with Gasteiger partial charge in [-0.2, -0.15) is 0 Å². The Kier molecular flexibility index (Phi) is 6.69. The Morgan fingerprint density at radius 1 is 1.09 bits per heavy atom. The molecule has 0 spiro atoms. The Balaban J connectivity index is 1.36. The molecule has 2 fully saturated rings. The van der Waals surface area contributed by atoms with Crippen molar-refractivity contribution in [3.63, 3.8) is 0 Å². The topological polar surface area (TPSA) is 113 Å². The molecule has 0 N–H and O–H groups in total. The van der Waals surface area contributed by atoms with Crippen LogP contribution in [-0.4, -0.2) is 72.3 Å². The lowest BCUT2D eigenvalue weighted by atomic mass is 10.1. The molecule has 11 heteroatoms. The highest BCUT2D eigenvalue weighted by Crippen LogP contribution is 2.33. The Hall–Kier alpha value is -3.66. The first-order valence-corrected chi connectivity index (χ1v) is 11.1. The second-order valence-electron chi connectivity index (χ2n) is 8.15. The van der Waals surface area contributed by atoms with E-state index in [4.69, 9.17) is 16.3 Å². The fraction of sp³-hybridized carbons (Fsp3) is 0.348. The van der Waals surface area contributed by atoms with Crippen LogP contribution >= 0.6 is 11.6 Å². The molecule has 2 aromatic rings. The van der Waals surface area contributed by atoms with Gasteiger partial charge in [0.15, 0.2) is 0 Å². The fourth-order valence-corrected chi connectivity index (χ4v) is 4.52. The van der Waals surface area contributed by atoms with E-state index in [0.717, 1.165) is 0 Å². The monoisotopic (exact) mass is 486 g/mol. The molecule has 4 rings (SSSR count). The van der Waals surface area contributed by atoms with E-state index >= 15 is 0 Å². The molecule has 178 valence electrons. The van der Waals surface area contributed by atoms with Crippen LogP contribution in [0.15, 0.2) is 42.5 Å². The lowest BCUT2D eigenvalue weighted by Gasteiger charge is -2.36. The lowest BCUT2D eigenvalue weighted by molar-refractivity contribution is -0.384. The highest BCUT2D eigenvalue weighted by Gasteiger charge is 2.38. The van der Waals surface area contributed by atoms with E-state index in [9.17, 15) is 24.5 Å². The summed E-state index contributed by atoms with van der Waals surface area (Å²) in [5.74, 6) is -0.569. The smallest absolute Gasteiger partial charge is 0.270 e. The molecule has 2 aliphatic heterocycles. The first-order valence-electron chi connectivity index (χ1n) is 10.7. The molecule has 34 heavy (non-hydrogen) atoms. The van der Waals surface area contributed by atoms with Crippen LogP contribution in [0.2, 0.25) is 5.02 Å². The van der Waals surface area contributed by atoms with Gasteiger partial charge in [-0.05, 0) is 24.3 Å². The van der Waals surface area contributed by atoms with E-state index in [1.54, 1.807) is 32.9 Å². The van der Waals surface area contributed by atoms with Crippen LogP contribution in [0.3, 0.4) is 0 Å². The third-order valence-electron chi connectivity index (χ3n) is 6.10. The van der Waals surface area contributed by atoms with Crippen molar-refractivity contribution in [3.05, 3.63) is 63.2 Å². The summed E-state index contributed by atoms with van der Waals surface area (Å²) >= 11 is 6.18. The predicted octanol–water partition coefficient (Wildman–Crippen LogP) is 2.59.